The van der Waals surface area contributed by atoms with Gasteiger partial charge in [-0.15, -0.1) is 35.3 Å². The molecule has 0 amide bonds. The summed E-state index contributed by atoms with van der Waals surface area (Å²) in [6.07, 6.45) is 4.22. The second kappa shape index (κ2) is 13.1. The van der Waals surface area contributed by atoms with Crippen LogP contribution in [0.25, 0.3) is 0 Å². The van der Waals surface area contributed by atoms with Crippen molar-refractivity contribution in [3.63, 3.8) is 0 Å². The van der Waals surface area contributed by atoms with E-state index >= 15 is 0 Å². The summed E-state index contributed by atoms with van der Waals surface area (Å²) >= 11 is 1.70. The number of rotatable bonds is 8. The average molecular weight is 530 g/mol. The average Bonchev–Trinajstić information content (AvgIpc) is 3.15. The number of guanidine groups is 1. The first-order valence-corrected chi connectivity index (χ1v) is 10.7. The highest BCUT2D eigenvalue weighted by Crippen LogP contribution is 2.14. The molecule has 0 aliphatic carbocycles. The number of ether oxygens (including phenoxy) is 2. The van der Waals surface area contributed by atoms with Crippen LogP contribution < -0.4 is 10.6 Å². The number of nitrogens with one attached hydrogen (secondary N) is 2. The van der Waals surface area contributed by atoms with E-state index < -0.39 is 0 Å². The Kier molecular flexibility index (Phi) is 10.9. The fourth-order valence-electron chi connectivity index (χ4n) is 2.95. The summed E-state index contributed by atoms with van der Waals surface area (Å²) in [7, 11) is 0. The molecule has 0 saturated carbocycles. The van der Waals surface area contributed by atoms with Crippen LogP contribution in [0.1, 0.15) is 40.8 Å². The maximum atomic E-state index is 5.98. The third kappa shape index (κ3) is 8.57. The van der Waals surface area contributed by atoms with Crippen LogP contribution in [0.5, 0.6) is 0 Å². The van der Waals surface area contributed by atoms with Gasteiger partial charge in [-0.2, -0.15) is 0 Å². The highest BCUT2D eigenvalue weighted by molar-refractivity contribution is 14.0. The standard InChI is InChI=1S/C21H30N4O2S.HI/c1-3-22-21(25-14-20-23-12-16(2)28-20)24-13-17-4-6-18(7-5-17)15-27-19-8-10-26-11-9-19;/h4-7,12,19H,3,8-11,13-15H2,1-2H3,(H2,22,24,25);1H. The fraction of sp³-hybridized carbons (Fsp3) is 0.524. The van der Waals surface area contributed by atoms with Crippen LogP contribution in [0.2, 0.25) is 0 Å². The van der Waals surface area contributed by atoms with Crippen molar-refractivity contribution in [2.24, 2.45) is 4.99 Å². The Morgan fingerprint density at radius 2 is 1.93 bits per heavy atom. The third-order valence-electron chi connectivity index (χ3n) is 4.52. The summed E-state index contributed by atoms with van der Waals surface area (Å²) in [6.45, 7) is 8.56. The van der Waals surface area contributed by atoms with Crippen molar-refractivity contribution in [3.8, 4) is 0 Å². The van der Waals surface area contributed by atoms with Gasteiger partial charge in [-0.25, -0.2) is 9.98 Å². The molecule has 8 heteroatoms. The summed E-state index contributed by atoms with van der Waals surface area (Å²) in [5, 5.41) is 7.70. The Bertz CT molecular complexity index is 745. The second-order valence-electron chi connectivity index (χ2n) is 6.85. The number of aliphatic imine (C=N–C) groups is 1. The lowest BCUT2D eigenvalue weighted by molar-refractivity contribution is -0.0390. The first-order chi connectivity index (χ1) is 13.7. The minimum Gasteiger partial charge on any atom is -0.381 e. The summed E-state index contributed by atoms with van der Waals surface area (Å²) < 4.78 is 11.4. The summed E-state index contributed by atoms with van der Waals surface area (Å²) in [4.78, 5) is 10.3. The molecule has 2 N–H and O–H groups in total. The second-order valence-corrected chi connectivity index (χ2v) is 8.17. The van der Waals surface area contributed by atoms with E-state index in [1.807, 2.05) is 6.20 Å². The highest BCUT2D eigenvalue weighted by atomic mass is 127. The lowest BCUT2D eigenvalue weighted by Gasteiger charge is -2.22. The number of thiazole rings is 1. The van der Waals surface area contributed by atoms with Crippen molar-refractivity contribution in [2.45, 2.75) is 52.5 Å². The Morgan fingerprint density at radius 3 is 2.59 bits per heavy atom. The lowest BCUT2D eigenvalue weighted by Crippen LogP contribution is -2.36. The Hall–Kier alpha value is -1.23. The number of aromatic nitrogens is 1. The molecule has 29 heavy (non-hydrogen) atoms. The minimum absolute atomic E-state index is 0. The number of hydrogen-bond donors (Lipinski definition) is 2. The molecule has 0 unspecified atom stereocenters. The molecule has 0 radical (unpaired) electrons. The molecule has 2 aromatic rings. The number of halogens is 1. The largest absolute Gasteiger partial charge is 0.381 e. The van der Waals surface area contributed by atoms with Gasteiger partial charge in [0, 0.05) is 30.8 Å². The lowest BCUT2D eigenvalue weighted by atomic mass is 10.1. The molecule has 1 aliphatic rings. The zero-order valence-electron chi connectivity index (χ0n) is 17.1. The van der Waals surface area contributed by atoms with Crippen molar-refractivity contribution in [1.29, 1.82) is 0 Å². The number of benzene rings is 1. The van der Waals surface area contributed by atoms with E-state index in [-0.39, 0.29) is 24.0 Å². The summed E-state index contributed by atoms with van der Waals surface area (Å²) in [6, 6.07) is 8.51. The van der Waals surface area contributed by atoms with Gasteiger partial charge in [0.2, 0.25) is 0 Å². The molecule has 2 heterocycles. The molecular weight excluding hydrogens is 499 g/mol. The van der Waals surface area contributed by atoms with Crippen LogP contribution in [-0.2, 0) is 29.2 Å². The van der Waals surface area contributed by atoms with Gasteiger partial charge in [-0.3, -0.25) is 0 Å². The maximum absolute atomic E-state index is 5.98. The molecule has 1 aliphatic heterocycles. The van der Waals surface area contributed by atoms with Gasteiger partial charge >= 0.3 is 0 Å². The Labute approximate surface area is 194 Å². The van der Waals surface area contributed by atoms with Gasteiger partial charge < -0.3 is 20.1 Å². The van der Waals surface area contributed by atoms with E-state index in [4.69, 9.17) is 9.47 Å². The normalized spacial score (nSPS) is 15.0. The number of nitrogens with zero attached hydrogens (tertiary/aromatic N) is 2. The molecule has 1 fully saturated rings. The molecule has 0 bridgehead atoms. The van der Waals surface area contributed by atoms with E-state index in [0.717, 1.165) is 43.6 Å². The molecular formula is C21H31IN4O2S. The molecule has 0 atom stereocenters. The smallest absolute Gasteiger partial charge is 0.191 e. The van der Waals surface area contributed by atoms with Gasteiger partial charge in [0.05, 0.1) is 25.8 Å². The monoisotopic (exact) mass is 530 g/mol. The van der Waals surface area contributed by atoms with Crippen LogP contribution in [-0.4, -0.2) is 36.8 Å². The summed E-state index contributed by atoms with van der Waals surface area (Å²) in [5.74, 6) is 0.808. The van der Waals surface area contributed by atoms with E-state index in [9.17, 15) is 0 Å². The molecule has 0 spiro atoms. The van der Waals surface area contributed by atoms with Crippen LogP contribution in [0, 0.1) is 6.92 Å². The first kappa shape index (κ1) is 24.0. The first-order valence-electron chi connectivity index (χ1n) is 9.93. The van der Waals surface area contributed by atoms with Crippen LogP contribution in [0.15, 0.2) is 35.5 Å². The van der Waals surface area contributed by atoms with Crippen LogP contribution in [0.4, 0.5) is 0 Å². The number of hydrogen-bond acceptors (Lipinski definition) is 5. The molecule has 6 nitrogen and oxygen atoms in total. The zero-order valence-corrected chi connectivity index (χ0v) is 20.3. The van der Waals surface area contributed by atoms with Crippen molar-refractivity contribution in [3.05, 3.63) is 51.5 Å². The minimum atomic E-state index is 0. The molecule has 1 aromatic carbocycles. The topological polar surface area (TPSA) is 67.8 Å². The maximum Gasteiger partial charge on any atom is 0.191 e. The zero-order chi connectivity index (χ0) is 19.6. The number of aryl methyl sites for hydroxylation is 1. The van der Waals surface area contributed by atoms with Crippen LogP contribution >= 0.6 is 35.3 Å². The van der Waals surface area contributed by atoms with Crippen molar-refractivity contribution >= 4 is 41.3 Å². The Morgan fingerprint density at radius 1 is 1.21 bits per heavy atom. The van der Waals surface area contributed by atoms with Crippen molar-refractivity contribution < 1.29 is 9.47 Å². The van der Waals surface area contributed by atoms with Crippen molar-refractivity contribution in [2.75, 3.05) is 19.8 Å². The fourth-order valence-corrected chi connectivity index (χ4v) is 3.68. The summed E-state index contributed by atoms with van der Waals surface area (Å²) in [5.41, 5.74) is 2.38. The van der Waals surface area contributed by atoms with E-state index in [0.29, 0.717) is 25.8 Å². The van der Waals surface area contributed by atoms with Gasteiger partial charge in [-0.05, 0) is 37.8 Å². The van der Waals surface area contributed by atoms with Crippen molar-refractivity contribution in [1.82, 2.24) is 15.6 Å². The van der Waals surface area contributed by atoms with Gasteiger partial charge in [0.25, 0.3) is 0 Å². The van der Waals surface area contributed by atoms with Gasteiger partial charge in [-0.1, -0.05) is 24.3 Å². The quantitative estimate of drug-likeness (QED) is 0.307. The predicted octanol–water partition coefficient (Wildman–Crippen LogP) is 4.02. The molecule has 3 rings (SSSR count). The Balaban J connectivity index is 0.00000300. The predicted molar refractivity (Wildman–Crippen MR) is 129 cm³/mol. The van der Waals surface area contributed by atoms with E-state index in [2.05, 4.69) is 58.7 Å². The molecule has 1 aromatic heterocycles. The van der Waals surface area contributed by atoms with Gasteiger partial charge in [0.1, 0.15) is 5.01 Å². The van der Waals surface area contributed by atoms with E-state index in [1.165, 1.54) is 16.0 Å². The van der Waals surface area contributed by atoms with Crippen LogP contribution in [0.3, 0.4) is 0 Å². The van der Waals surface area contributed by atoms with E-state index in [1.54, 1.807) is 11.3 Å². The highest BCUT2D eigenvalue weighted by Gasteiger charge is 2.13. The molecule has 160 valence electrons. The molecule has 1 saturated heterocycles. The SMILES string of the molecule is CCNC(=NCc1ccc(COC2CCOCC2)cc1)NCc1ncc(C)s1.I. The van der Waals surface area contributed by atoms with Gasteiger partial charge in [0.15, 0.2) is 5.96 Å². The third-order valence-corrected chi connectivity index (χ3v) is 5.43.